The van der Waals surface area contributed by atoms with Gasteiger partial charge in [-0.2, -0.15) is 10.4 Å². The third kappa shape index (κ3) is 3.55. The predicted octanol–water partition coefficient (Wildman–Crippen LogP) is 5.01. The molecule has 6 heteroatoms. The minimum absolute atomic E-state index is 0.596. The van der Waals surface area contributed by atoms with Crippen molar-refractivity contribution >= 4 is 23.4 Å². The fourth-order valence-corrected chi connectivity index (χ4v) is 4.22. The summed E-state index contributed by atoms with van der Waals surface area (Å²) in [6.07, 6.45) is 0. The van der Waals surface area contributed by atoms with E-state index in [9.17, 15) is 5.26 Å². The number of rotatable bonds is 4. The molecule has 2 heterocycles. The van der Waals surface area contributed by atoms with Crippen LogP contribution in [0.1, 0.15) is 28.1 Å². The maximum atomic E-state index is 9.40. The second-order valence-corrected chi connectivity index (χ2v) is 7.09. The van der Waals surface area contributed by atoms with Gasteiger partial charge in [-0.3, -0.25) is 0 Å². The fourth-order valence-electron chi connectivity index (χ4n) is 2.62. The first-order valence-corrected chi connectivity index (χ1v) is 9.18. The molecule has 0 amide bonds. The van der Waals surface area contributed by atoms with Gasteiger partial charge < -0.3 is 0 Å². The van der Waals surface area contributed by atoms with Gasteiger partial charge in [-0.1, -0.05) is 29.8 Å². The van der Waals surface area contributed by atoms with Gasteiger partial charge in [0.25, 0.3) is 0 Å². The fraction of sp³-hybridized carbons (Fsp3) is 0.211. The van der Waals surface area contributed by atoms with Crippen molar-refractivity contribution in [2.75, 3.05) is 0 Å². The molecule has 0 fully saturated rings. The lowest BCUT2D eigenvalue weighted by atomic mass is 10.1. The first kappa shape index (κ1) is 17.5. The van der Waals surface area contributed by atoms with E-state index >= 15 is 0 Å². The van der Waals surface area contributed by atoms with Gasteiger partial charge in [-0.05, 0) is 44.5 Å². The summed E-state index contributed by atoms with van der Waals surface area (Å²) in [7, 11) is 0. The van der Waals surface area contributed by atoms with Crippen LogP contribution in [0.15, 0.2) is 41.4 Å². The molecule has 0 radical (unpaired) electrons. The van der Waals surface area contributed by atoms with Gasteiger partial charge in [-0.15, -0.1) is 11.8 Å². The van der Waals surface area contributed by atoms with E-state index in [1.807, 2.05) is 57.2 Å². The number of pyridine rings is 1. The largest absolute Gasteiger partial charge is 0.245 e. The Morgan fingerprint density at radius 1 is 1.20 bits per heavy atom. The zero-order chi connectivity index (χ0) is 18.0. The number of aromatic nitrogens is 3. The topological polar surface area (TPSA) is 54.5 Å². The average molecular weight is 369 g/mol. The number of halogens is 1. The minimum Gasteiger partial charge on any atom is -0.245 e. The Balaban J connectivity index is 1.91. The highest BCUT2D eigenvalue weighted by Gasteiger charge is 2.17. The van der Waals surface area contributed by atoms with Crippen LogP contribution in [-0.2, 0) is 5.75 Å². The number of nitriles is 1. The zero-order valence-corrected chi connectivity index (χ0v) is 15.8. The van der Waals surface area contributed by atoms with Crippen molar-refractivity contribution < 1.29 is 0 Å². The lowest BCUT2D eigenvalue weighted by molar-refractivity contribution is 0.863. The van der Waals surface area contributed by atoms with Gasteiger partial charge in [-0.25, -0.2) is 9.67 Å². The van der Waals surface area contributed by atoms with Crippen LogP contribution in [0.5, 0.6) is 0 Å². The number of nitrogens with zero attached hydrogens (tertiary/aromatic N) is 4. The van der Waals surface area contributed by atoms with Crippen LogP contribution in [0.4, 0.5) is 0 Å². The second-order valence-electron chi connectivity index (χ2n) is 5.76. The lowest BCUT2D eigenvalue weighted by Gasteiger charge is -2.07. The molecule has 2 aromatic heterocycles. The van der Waals surface area contributed by atoms with Crippen LogP contribution in [0, 0.1) is 32.1 Å². The van der Waals surface area contributed by atoms with E-state index in [1.54, 1.807) is 4.68 Å². The smallest absolute Gasteiger partial charge is 0.137 e. The molecule has 3 rings (SSSR count). The van der Waals surface area contributed by atoms with Crippen LogP contribution in [0.2, 0.25) is 5.15 Å². The Morgan fingerprint density at radius 2 is 1.92 bits per heavy atom. The third-order valence-corrected chi connectivity index (χ3v) is 5.29. The van der Waals surface area contributed by atoms with E-state index in [1.165, 1.54) is 11.8 Å². The molecule has 0 spiro atoms. The molecule has 0 bridgehead atoms. The van der Waals surface area contributed by atoms with Crippen molar-refractivity contribution in [3.05, 3.63) is 69.6 Å². The average Bonchev–Trinajstić information content (AvgIpc) is 2.87. The molecule has 0 atom stereocenters. The predicted molar refractivity (Wildman–Crippen MR) is 101 cm³/mol. The van der Waals surface area contributed by atoms with Gasteiger partial charge in [0.2, 0.25) is 0 Å². The standard InChI is InChI=1S/C19H17ClN4S/c1-12-9-13(2)22-19(16(12)10-21)25-11-17-14(3)23-24(18(17)20)15-7-5-4-6-8-15/h4-9H,11H2,1-3H3. The second kappa shape index (κ2) is 7.30. The molecule has 4 nitrogen and oxygen atoms in total. The van der Waals surface area contributed by atoms with E-state index in [-0.39, 0.29) is 0 Å². The Morgan fingerprint density at radius 3 is 2.60 bits per heavy atom. The summed E-state index contributed by atoms with van der Waals surface area (Å²) in [4.78, 5) is 4.51. The first-order valence-electron chi connectivity index (χ1n) is 7.82. The molecule has 1 aromatic carbocycles. The maximum Gasteiger partial charge on any atom is 0.137 e. The highest BCUT2D eigenvalue weighted by molar-refractivity contribution is 7.98. The normalized spacial score (nSPS) is 10.7. The van der Waals surface area contributed by atoms with Gasteiger partial charge in [0.05, 0.1) is 16.9 Å². The third-order valence-electron chi connectivity index (χ3n) is 3.90. The molecule has 0 unspecified atom stereocenters. The molecule has 126 valence electrons. The molecule has 0 N–H and O–H groups in total. The summed E-state index contributed by atoms with van der Waals surface area (Å²) in [5.74, 6) is 0.613. The van der Waals surface area contributed by atoms with Gasteiger partial charge >= 0.3 is 0 Å². The number of thioether (sulfide) groups is 1. The minimum atomic E-state index is 0.596. The SMILES string of the molecule is Cc1cc(C)c(C#N)c(SCc2c(C)nn(-c3ccccc3)c2Cl)n1. The van der Waals surface area contributed by atoms with Crippen molar-refractivity contribution in [2.24, 2.45) is 0 Å². The molecule has 0 aliphatic rings. The molecule has 0 saturated heterocycles. The van der Waals surface area contributed by atoms with Crippen LogP contribution in [-0.4, -0.2) is 14.8 Å². The number of aryl methyl sites for hydroxylation is 3. The molecule has 3 aromatic rings. The highest BCUT2D eigenvalue weighted by atomic mass is 35.5. The Bertz CT molecular complexity index is 958. The summed E-state index contributed by atoms with van der Waals surface area (Å²) < 4.78 is 1.74. The van der Waals surface area contributed by atoms with Gasteiger partial charge in [0.1, 0.15) is 16.2 Å². The molecule has 0 saturated carbocycles. The van der Waals surface area contributed by atoms with E-state index < -0.39 is 0 Å². The summed E-state index contributed by atoms with van der Waals surface area (Å²) in [6.45, 7) is 5.81. The van der Waals surface area contributed by atoms with Crippen molar-refractivity contribution in [1.82, 2.24) is 14.8 Å². The number of para-hydroxylation sites is 1. The summed E-state index contributed by atoms with van der Waals surface area (Å²) >= 11 is 8.09. The molecule has 0 aliphatic carbocycles. The van der Waals surface area contributed by atoms with E-state index in [0.717, 1.165) is 33.2 Å². The molecule has 0 aliphatic heterocycles. The van der Waals surface area contributed by atoms with Crippen LogP contribution >= 0.6 is 23.4 Å². The molecular weight excluding hydrogens is 352 g/mol. The van der Waals surface area contributed by atoms with E-state index in [2.05, 4.69) is 16.2 Å². The van der Waals surface area contributed by atoms with Crippen LogP contribution in [0.25, 0.3) is 5.69 Å². The highest BCUT2D eigenvalue weighted by Crippen LogP contribution is 2.32. The number of hydrogen-bond donors (Lipinski definition) is 0. The van der Waals surface area contributed by atoms with Crippen molar-refractivity contribution in [1.29, 1.82) is 5.26 Å². The zero-order valence-electron chi connectivity index (χ0n) is 14.2. The summed E-state index contributed by atoms with van der Waals surface area (Å²) in [5, 5.41) is 15.3. The van der Waals surface area contributed by atoms with E-state index in [0.29, 0.717) is 16.5 Å². The van der Waals surface area contributed by atoms with Gasteiger partial charge in [0.15, 0.2) is 0 Å². The Kier molecular flexibility index (Phi) is 5.12. The molecule has 25 heavy (non-hydrogen) atoms. The van der Waals surface area contributed by atoms with Crippen LogP contribution < -0.4 is 0 Å². The Hall–Kier alpha value is -2.29. The van der Waals surface area contributed by atoms with Crippen molar-refractivity contribution in [3.8, 4) is 11.8 Å². The van der Waals surface area contributed by atoms with Gasteiger partial charge in [0, 0.05) is 17.0 Å². The summed E-state index contributed by atoms with van der Waals surface area (Å²) in [6, 6.07) is 14.0. The van der Waals surface area contributed by atoms with Crippen molar-refractivity contribution in [2.45, 2.75) is 31.6 Å². The monoisotopic (exact) mass is 368 g/mol. The Labute approximate surface area is 156 Å². The van der Waals surface area contributed by atoms with Crippen molar-refractivity contribution in [3.63, 3.8) is 0 Å². The molecular formula is C19H17ClN4S. The quantitative estimate of drug-likeness (QED) is 0.607. The first-order chi connectivity index (χ1) is 12.0. The number of benzene rings is 1. The number of hydrogen-bond acceptors (Lipinski definition) is 4. The lowest BCUT2D eigenvalue weighted by Crippen LogP contribution is -1.96. The summed E-state index contributed by atoms with van der Waals surface area (Å²) in [5.41, 5.74) is 5.24. The van der Waals surface area contributed by atoms with Crippen LogP contribution in [0.3, 0.4) is 0 Å². The van der Waals surface area contributed by atoms with E-state index in [4.69, 9.17) is 11.6 Å². The maximum absolute atomic E-state index is 9.40.